The number of aryl methyl sites for hydroxylation is 1. The molecule has 0 saturated carbocycles. The molecule has 17 heavy (non-hydrogen) atoms. The molecule has 0 aliphatic heterocycles. The van der Waals surface area contributed by atoms with E-state index in [1.165, 1.54) is 0 Å². The third-order valence-corrected chi connectivity index (χ3v) is 2.47. The van der Waals surface area contributed by atoms with Crippen LogP contribution in [0.5, 0.6) is 11.5 Å². The summed E-state index contributed by atoms with van der Waals surface area (Å²) >= 11 is 0. The molecule has 4 nitrogen and oxygen atoms in total. The molecule has 0 aliphatic carbocycles. The normalized spacial score (nSPS) is 10.3. The molecule has 0 spiro atoms. The standard InChI is InChI=1S/C13H15NO3/c1-9-8-14-13(17-9)7-10-4-5-11(15-2)12(6-10)16-3/h4-6,8H,7H2,1-3H3. The average Bonchev–Trinajstić information content (AvgIpc) is 2.74. The number of ether oxygens (including phenoxy) is 2. The highest BCUT2D eigenvalue weighted by atomic mass is 16.5. The van der Waals surface area contributed by atoms with Gasteiger partial charge in [-0.2, -0.15) is 0 Å². The first-order valence-electron chi connectivity index (χ1n) is 5.35. The number of aromatic nitrogens is 1. The Hall–Kier alpha value is -1.97. The van der Waals surface area contributed by atoms with Gasteiger partial charge in [-0.05, 0) is 24.6 Å². The number of nitrogens with zero attached hydrogens (tertiary/aromatic N) is 1. The lowest BCUT2D eigenvalue weighted by molar-refractivity contribution is 0.354. The molecular weight excluding hydrogens is 218 g/mol. The van der Waals surface area contributed by atoms with E-state index < -0.39 is 0 Å². The maximum Gasteiger partial charge on any atom is 0.198 e. The highest BCUT2D eigenvalue weighted by molar-refractivity contribution is 5.43. The van der Waals surface area contributed by atoms with Gasteiger partial charge in [-0.15, -0.1) is 0 Å². The molecular formula is C13H15NO3. The molecule has 0 N–H and O–H groups in total. The van der Waals surface area contributed by atoms with E-state index in [0.717, 1.165) is 17.1 Å². The van der Waals surface area contributed by atoms with Crippen molar-refractivity contribution in [1.29, 1.82) is 0 Å². The van der Waals surface area contributed by atoms with Crippen molar-refractivity contribution in [3.63, 3.8) is 0 Å². The van der Waals surface area contributed by atoms with Crippen LogP contribution >= 0.6 is 0 Å². The molecule has 2 rings (SSSR count). The fraction of sp³-hybridized carbons (Fsp3) is 0.308. The van der Waals surface area contributed by atoms with Gasteiger partial charge in [-0.3, -0.25) is 0 Å². The molecule has 1 heterocycles. The second kappa shape index (κ2) is 4.91. The average molecular weight is 233 g/mol. The fourth-order valence-corrected chi connectivity index (χ4v) is 1.65. The van der Waals surface area contributed by atoms with Gasteiger partial charge in [-0.25, -0.2) is 4.98 Å². The minimum atomic E-state index is 0.647. The number of hydrogen-bond donors (Lipinski definition) is 0. The van der Waals surface area contributed by atoms with Gasteiger partial charge in [-0.1, -0.05) is 6.07 Å². The Balaban J connectivity index is 2.22. The first-order valence-corrected chi connectivity index (χ1v) is 5.35. The molecule has 0 saturated heterocycles. The minimum absolute atomic E-state index is 0.647. The third kappa shape index (κ3) is 2.58. The van der Waals surface area contributed by atoms with Crippen molar-refractivity contribution in [2.45, 2.75) is 13.3 Å². The summed E-state index contributed by atoms with van der Waals surface area (Å²) < 4.78 is 15.9. The lowest BCUT2D eigenvalue weighted by Gasteiger charge is -2.08. The summed E-state index contributed by atoms with van der Waals surface area (Å²) in [4.78, 5) is 4.17. The van der Waals surface area contributed by atoms with Crippen LogP contribution in [0.2, 0.25) is 0 Å². The van der Waals surface area contributed by atoms with Crippen molar-refractivity contribution in [2.75, 3.05) is 14.2 Å². The zero-order valence-electron chi connectivity index (χ0n) is 10.2. The predicted octanol–water partition coefficient (Wildman–Crippen LogP) is 2.59. The van der Waals surface area contributed by atoms with Crippen LogP contribution in [0.1, 0.15) is 17.2 Å². The molecule has 0 amide bonds. The molecule has 0 aliphatic rings. The Labute approximate surface area is 100 Å². The molecule has 90 valence electrons. The van der Waals surface area contributed by atoms with Gasteiger partial charge in [0.1, 0.15) is 5.76 Å². The maximum atomic E-state index is 5.43. The zero-order chi connectivity index (χ0) is 12.3. The van der Waals surface area contributed by atoms with Gasteiger partial charge < -0.3 is 13.9 Å². The highest BCUT2D eigenvalue weighted by Crippen LogP contribution is 2.28. The Morgan fingerprint density at radius 2 is 1.94 bits per heavy atom. The molecule has 1 aromatic carbocycles. The molecule has 1 aromatic heterocycles. The molecule has 0 radical (unpaired) electrons. The van der Waals surface area contributed by atoms with E-state index in [4.69, 9.17) is 13.9 Å². The van der Waals surface area contributed by atoms with E-state index in [1.54, 1.807) is 20.4 Å². The van der Waals surface area contributed by atoms with E-state index in [2.05, 4.69) is 4.98 Å². The lowest BCUT2D eigenvalue weighted by Crippen LogP contribution is -1.93. The van der Waals surface area contributed by atoms with Crippen LogP contribution in [0.25, 0.3) is 0 Å². The largest absolute Gasteiger partial charge is 0.493 e. The van der Waals surface area contributed by atoms with Crippen molar-refractivity contribution in [1.82, 2.24) is 4.98 Å². The van der Waals surface area contributed by atoms with E-state index in [1.807, 2.05) is 25.1 Å². The van der Waals surface area contributed by atoms with Crippen LogP contribution in [0.3, 0.4) is 0 Å². The second-order valence-electron chi connectivity index (χ2n) is 3.73. The first kappa shape index (κ1) is 11.5. The lowest BCUT2D eigenvalue weighted by atomic mass is 10.1. The van der Waals surface area contributed by atoms with Gasteiger partial charge in [0, 0.05) is 6.42 Å². The van der Waals surface area contributed by atoms with Crippen LogP contribution in [0, 0.1) is 6.92 Å². The van der Waals surface area contributed by atoms with E-state index in [0.29, 0.717) is 18.1 Å². The second-order valence-corrected chi connectivity index (χ2v) is 3.73. The summed E-state index contributed by atoms with van der Waals surface area (Å²) in [6, 6.07) is 5.78. The van der Waals surface area contributed by atoms with Crippen molar-refractivity contribution >= 4 is 0 Å². The summed E-state index contributed by atoms with van der Waals surface area (Å²) in [5.41, 5.74) is 1.07. The number of benzene rings is 1. The van der Waals surface area contributed by atoms with Crippen molar-refractivity contribution in [3.8, 4) is 11.5 Å². The Bertz CT molecular complexity index is 505. The van der Waals surface area contributed by atoms with Gasteiger partial charge in [0.25, 0.3) is 0 Å². The summed E-state index contributed by atoms with van der Waals surface area (Å²) in [6.07, 6.45) is 2.37. The summed E-state index contributed by atoms with van der Waals surface area (Å²) in [5, 5.41) is 0. The van der Waals surface area contributed by atoms with Gasteiger partial charge in [0.05, 0.1) is 20.4 Å². The highest BCUT2D eigenvalue weighted by Gasteiger charge is 2.07. The van der Waals surface area contributed by atoms with E-state index >= 15 is 0 Å². The molecule has 0 bridgehead atoms. The first-order chi connectivity index (χ1) is 8.22. The topological polar surface area (TPSA) is 44.5 Å². The van der Waals surface area contributed by atoms with E-state index in [9.17, 15) is 0 Å². The Morgan fingerprint density at radius 3 is 2.53 bits per heavy atom. The maximum absolute atomic E-state index is 5.43. The van der Waals surface area contributed by atoms with Crippen LogP contribution in [0.15, 0.2) is 28.8 Å². The van der Waals surface area contributed by atoms with Gasteiger partial charge in [0.2, 0.25) is 0 Å². The minimum Gasteiger partial charge on any atom is -0.493 e. The summed E-state index contributed by atoms with van der Waals surface area (Å²) in [5.74, 6) is 2.96. The van der Waals surface area contributed by atoms with E-state index in [-0.39, 0.29) is 0 Å². The van der Waals surface area contributed by atoms with Crippen molar-refractivity contribution in [3.05, 3.63) is 41.6 Å². The smallest absolute Gasteiger partial charge is 0.198 e. The van der Waals surface area contributed by atoms with Crippen LogP contribution in [0.4, 0.5) is 0 Å². The van der Waals surface area contributed by atoms with Crippen LogP contribution in [-0.2, 0) is 6.42 Å². The summed E-state index contributed by atoms with van der Waals surface area (Å²) in [7, 11) is 3.24. The van der Waals surface area contributed by atoms with Crippen molar-refractivity contribution < 1.29 is 13.9 Å². The molecule has 2 aromatic rings. The molecule has 4 heteroatoms. The molecule has 0 atom stereocenters. The number of methoxy groups -OCH3 is 2. The Morgan fingerprint density at radius 1 is 1.18 bits per heavy atom. The quantitative estimate of drug-likeness (QED) is 0.814. The Kier molecular flexibility index (Phi) is 3.32. The monoisotopic (exact) mass is 233 g/mol. The number of rotatable bonds is 4. The summed E-state index contributed by atoms with van der Waals surface area (Å²) in [6.45, 7) is 1.88. The SMILES string of the molecule is COc1ccc(Cc2ncc(C)o2)cc1OC. The predicted molar refractivity (Wildman–Crippen MR) is 63.6 cm³/mol. The number of oxazole rings is 1. The van der Waals surface area contributed by atoms with Gasteiger partial charge >= 0.3 is 0 Å². The molecule has 0 unspecified atom stereocenters. The zero-order valence-corrected chi connectivity index (χ0v) is 10.2. The van der Waals surface area contributed by atoms with Crippen LogP contribution in [-0.4, -0.2) is 19.2 Å². The molecule has 0 fully saturated rings. The number of hydrogen-bond acceptors (Lipinski definition) is 4. The fourth-order valence-electron chi connectivity index (χ4n) is 1.65. The van der Waals surface area contributed by atoms with Crippen molar-refractivity contribution in [2.24, 2.45) is 0 Å². The van der Waals surface area contributed by atoms with Crippen LogP contribution < -0.4 is 9.47 Å². The van der Waals surface area contributed by atoms with Gasteiger partial charge in [0.15, 0.2) is 17.4 Å². The third-order valence-electron chi connectivity index (χ3n) is 2.47.